The van der Waals surface area contributed by atoms with Crippen molar-refractivity contribution in [1.82, 2.24) is 0 Å². The van der Waals surface area contributed by atoms with Crippen LogP contribution >= 0.6 is 34.8 Å². The Bertz CT molecular complexity index is 1160. The topological polar surface area (TPSA) is 92.5 Å². The number of nitrogens with zero attached hydrogens (tertiary/aromatic N) is 1. The Morgan fingerprint density at radius 1 is 0.933 bits per heavy atom. The highest BCUT2D eigenvalue weighted by Crippen LogP contribution is 2.33. The highest BCUT2D eigenvalue weighted by Gasteiger charge is 2.20. The lowest BCUT2D eigenvalue weighted by atomic mass is 10.1. The number of hydrogen-bond acceptors (Lipinski definition) is 4. The molecule has 2 N–H and O–H groups in total. The number of nitro benzene ring substituents is 1. The van der Waals surface area contributed by atoms with E-state index in [0.29, 0.717) is 10.6 Å². The molecule has 152 valence electrons. The van der Waals surface area contributed by atoms with Gasteiger partial charge >= 0.3 is 0 Å². The van der Waals surface area contributed by atoms with Crippen LogP contribution in [-0.4, -0.2) is 15.9 Å². The molecule has 0 saturated heterocycles. The van der Waals surface area contributed by atoms with E-state index in [4.69, 9.17) is 34.8 Å². The first-order chi connectivity index (χ1) is 14.2. The van der Waals surface area contributed by atoms with Crippen molar-refractivity contribution in [1.29, 1.82) is 0 Å². The van der Waals surface area contributed by atoms with Gasteiger partial charge in [0.1, 0.15) is 11.4 Å². The molecule has 0 bridgehead atoms. The average Bonchev–Trinajstić information content (AvgIpc) is 2.70. The summed E-state index contributed by atoms with van der Waals surface area (Å²) in [6.07, 6.45) is 3.53. The molecule has 0 atom stereocenters. The first kappa shape index (κ1) is 21.6. The van der Waals surface area contributed by atoms with E-state index in [2.05, 4.69) is 5.32 Å². The van der Waals surface area contributed by atoms with Crippen molar-refractivity contribution in [2.45, 2.75) is 0 Å². The van der Waals surface area contributed by atoms with Crippen LogP contribution in [0.1, 0.15) is 21.5 Å². The van der Waals surface area contributed by atoms with E-state index in [-0.39, 0.29) is 27.0 Å². The van der Waals surface area contributed by atoms with E-state index in [1.807, 2.05) is 12.1 Å². The number of carbonyl (C=O) groups is 1. The fourth-order valence-corrected chi connectivity index (χ4v) is 3.23. The summed E-state index contributed by atoms with van der Waals surface area (Å²) >= 11 is 17.6. The third-order valence-electron chi connectivity index (χ3n) is 4.08. The van der Waals surface area contributed by atoms with Crippen molar-refractivity contribution in [3.63, 3.8) is 0 Å². The molecule has 9 heteroatoms. The van der Waals surface area contributed by atoms with Crippen LogP contribution in [0.5, 0.6) is 5.75 Å². The van der Waals surface area contributed by atoms with Crippen LogP contribution in [0.4, 0.5) is 11.4 Å². The van der Waals surface area contributed by atoms with Gasteiger partial charge in [-0.05, 0) is 47.5 Å². The number of nitro groups is 1. The predicted molar refractivity (Wildman–Crippen MR) is 120 cm³/mol. The number of aromatic hydroxyl groups is 1. The van der Waals surface area contributed by atoms with Gasteiger partial charge in [0.05, 0.1) is 15.5 Å². The van der Waals surface area contributed by atoms with Crippen molar-refractivity contribution in [2.75, 3.05) is 5.32 Å². The fraction of sp³-hybridized carbons (Fsp3) is 0. The zero-order valence-electron chi connectivity index (χ0n) is 15.1. The highest BCUT2D eigenvalue weighted by molar-refractivity contribution is 6.36. The average molecular weight is 464 g/mol. The summed E-state index contributed by atoms with van der Waals surface area (Å²) in [6, 6.07) is 13.9. The van der Waals surface area contributed by atoms with Crippen LogP contribution in [0.25, 0.3) is 12.2 Å². The molecule has 0 aromatic heterocycles. The standard InChI is InChI=1S/C21H13Cl3N2O4/c22-14-6-3-12(4-7-14)1-2-13-5-8-19(26(29)30)18(9-13)25-21(28)16-10-15(23)11-17(24)20(16)27/h1-11,27H,(H,25,28). The number of rotatable bonds is 5. The molecule has 0 fully saturated rings. The maximum absolute atomic E-state index is 12.6. The molecule has 3 rings (SSSR count). The minimum Gasteiger partial charge on any atom is -0.506 e. The Morgan fingerprint density at radius 3 is 2.23 bits per heavy atom. The summed E-state index contributed by atoms with van der Waals surface area (Å²) in [5.41, 5.74) is 0.934. The van der Waals surface area contributed by atoms with Crippen molar-refractivity contribution in [2.24, 2.45) is 0 Å². The molecule has 0 aliphatic rings. The Balaban J connectivity index is 1.93. The SMILES string of the molecule is O=C(Nc1cc(C=Cc2ccc(Cl)cc2)ccc1[N+](=O)[O-])c1cc(Cl)cc(Cl)c1O. The Morgan fingerprint density at radius 2 is 1.57 bits per heavy atom. The Hall–Kier alpha value is -3.06. The van der Waals surface area contributed by atoms with Gasteiger partial charge < -0.3 is 10.4 Å². The monoisotopic (exact) mass is 462 g/mol. The summed E-state index contributed by atoms with van der Waals surface area (Å²) < 4.78 is 0. The molecule has 30 heavy (non-hydrogen) atoms. The molecule has 0 unspecified atom stereocenters. The summed E-state index contributed by atoms with van der Waals surface area (Å²) in [5.74, 6) is -1.26. The number of halogens is 3. The van der Waals surface area contributed by atoms with Crippen molar-refractivity contribution >= 4 is 64.2 Å². The molecule has 0 spiro atoms. The number of anilines is 1. The molecule has 0 heterocycles. The van der Waals surface area contributed by atoms with Crippen LogP contribution in [0.15, 0.2) is 54.6 Å². The molecule has 6 nitrogen and oxygen atoms in total. The summed E-state index contributed by atoms with van der Waals surface area (Å²) in [7, 11) is 0. The summed E-state index contributed by atoms with van der Waals surface area (Å²) in [6.45, 7) is 0. The van der Waals surface area contributed by atoms with Gasteiger partial charge in [0.25, 0.3) is 11.6 Å². The van der Waals surface area contributed by atoms with Crippen LogP contribution in [0.3, 0.4) is 0 Å². The Labute approximate surface area is 186 Å². The zero-order valence-corrected chi connectivity index (χ0v) is 17.4. The van der Waals surface area contributed by atoms with Crippen LogP contribution < -0.4 is 5.32 Å². The zero-order chi connectivity index (χ0) is 21.8. The molecule has 3 aromatic carbocycles. The molecule has 3 aromatic rings. The molecule has 0 radical (unpaired) electrons. The number of nitrogens with one attached hydrogen (secondary N) is 1. The normalized spacial score (nSPS) is 10.9. The van der Waals surface area contributed by atoms with Gasteiger partial charge in [0.15, 0.2) is 0 Å². The lowest BCUT2D eigenvalue weighted by Gasteiger charge is -2.10. The first-order valence-corrected chi connectivity index (χ1v) is 9.59. The predicted octanol–water partition coefficient (Wildman–Crippen LogP) is 6.68. The lowest BCUT2D eigenvalue weighted by Crippen LogP contribution is -2.13. The largest absolute Gasteiger partial charge is 0.506 e. The molecule has 0 aliphatic carbocycles. The third-order valence-corrected chi connectivity index (χ3v) is 4.83. The van der Waals surface area contributed by atoms with E-state index in [9.17, 15) is 20.0 Å². The van der Waals surface area contributed by atoms with E-state index < -0.39 is 16.6 Å². The van der Waals surface area contributed by atoms with Crippen molar-refractivity contribution in [3.05, 3.63) is 96.5 Å². The highest BCUT2D eigenvalue weighted by atomic mass is 35.5. The number of amides is 1. The van der Waals surface area contributed by atoms with Crippen LogP contribution in [-0.2, 0) is 0 Å². The van der Waals surface area contributed by atoms with E-state index >= 15 is 0 Å². The Kier molecular flexibility index (Phi) is 6.62. The molecule has 0 aliphatic heterocycles. The number of hydrogen-bond donors (Lipinski definition) is 2. The molecule has 1 amide bonds. The second-order valence-electron chi connectivity index (χ2n) is 6.16. The number of benzene rings is 3. The van der Waals surface area contributed by atoms with Gasteiger partial charge in [-0.3, -0.25) is 14.9 Å². The van der Waals surface area contributed by atoms with Gasteiger partial charge in [-0.15, -0.1) is 0 Å². The van der Waals surface area contributed by atoms with Gasteiger partial charge in [-0.2, -0.15) is 0 Å². The van der Waals surface area contributed by atoms with Gasteiger partial charge in [-0.25, -0.2) is 0 Å². The van der Waals surface area contributed by atoms with Crippen LogP contribution in [0.2, 0.25) is 15.1 Å². The third kappa shape index (κ3) is 5.10. The maximum atomic E-state index is 12.6. The number of phenolic OH excluding ortho intramolecular Hbond substituents is 1. The van der Waals surface area contributed by atoms with E-state index in [0.717, 1.165) is 5.56 Å². The van der Waals surface area contributed by atoms with Gasteiger partial charge in [-0.1, -0.05) is 59.1 Å². The van der Waals surface area contributed by atoms with Gasteiger partial charge in [0.2, 0.25) is 0 Å². The number of phenols is 1. The van der Waals surface area contributed by atoms with Crippen molar-refractivity contribution in [3.8, 4) is 5.75 Å². The van der Waals surface area contributed by atoms with Crippen LogP contribution in [0, 0.1) is 10.1 Å². The molecule has 0 saturated carbocycles. The minimum absolute atomic E-state index is 0.0428. The smallest absolute Gasteiger partial charge is 0.292 e. The molecular weight excluding hydrogens is 451 g/mol. The van der Waals surface area contributed by atoms with E-state index in [1.54, 1.807) is 30.4 Å². The van der Waals surface area contributed by atoms with Crippen molar-refractivity contribution < 1.29 is 14.8 Å². The second kappa shape index (κ2) is 9.17. The summed E-state index contributed by atoms with van der Waals surface area (Å²) in [4.78, 5) is 23.3. The van der Waals surface area contributed by atoms with E-state index in [1.165, 1.54) is 24.3 Å². The minimum atomic E-state index is -0.793. The fourth-order valence-electron chi connectivity index (χ4n) is 2.61. The number of carbonyl (C=O) groups excluding carboxylic acids is 1. The quantitative estimate of drug-likeness (QED) is 0.251. The first-order valence-electron chi connectivity index (χ1n) is 8.46. The second-order valence-corrected chi connectivity index (χ2v) is 7.44. The molecular formula is C21H13Cl3N2O4. The van der Waals surface area contributed by atoms with Gasteiger partial charge in [0, 0.05) is 16.1 Å². The lowest BCUT2D eigenvalue weighted by molar-refractivity contribution is -0.383. The maximum Gasteiger partial charge on any atom is 0.292 e. The summed E-state index contributed by atoms with van der Waals surface area (Å²) in [5, 5.41) is 24.5.